The van der Waals surface area contributed by atoms with Crippen LogP contribution in [-0.4, -0.2) is 11.0 Å². The predicted octanol–water partition coefficient (Wildman–Crippen LogP) is 3.72. The number of carbonyl (C=O) groups is 1. The van der Waals surface area contributed by atoms with Crippen LogP contribution in [0.1, 0.15) is 23.3 Å². The Labute approximate surface area is 116 Å². The van der Waals surface area contributed by atoms with Crippen LogP contribution >= 0.6 is 11.3 Å². The molecule has 0 aliphatic heterocycles. The minimum absolute atomic E-state index is 0.0141. The van der Waals surface area contributed by atoms with E-state index in [1.54, 1.807) is 29.5 Å². The van der Waals surface area contributed by atoms with Gasteiger partial charge >= 0.3 is 0 Å². The van der Waals surface area contributed by atoms with Crippen LogP contribution in [0.3, 0.4) is 0 Å². The van der Waals surface area contributed by atoms with E-state index >= 15 is 0 Å². The van der Waals surface area contributed by atoms with E-state index in [4.69, 9.17) is 0 Å². The van der Waals surface area contributed by atoms with Gasteiger partial charge in [0, 0.05) is 23.1 Å². The molecular weight excluding hydrogens is 258 g/mol. The van der Waals surface area contributed by atoms with Crippen molar-refractivity contribution in [1.29, 1.82) is 0 Å². The molecule has 0 spiro atoms. The second-order valence-corrected chi connectivity index (χ2v) is 5.51. The minimum atomic E-state index is -0.0141. The lowest BCUT2D eigenvalue weighted by atomic mass is 10.2. The van der Waals surface area contributed by atoms with E-state index in [1.807, 2.05) is 18.4 Å². The number of phenolic OH excluding ortho intramolecular Hbond substituents is 1. The summed E-state index contributed by atoms with van der Waals surface area (Å²) in [6.45, 7) is 1.82. The van der Waals surface area contributed by atoms with Crippen molar-refractivity contribution in [2.75, 3.05) is 5.32 Å². The molecule has 0 fully saturated rings. The predicted molar refractivity (Wildman–Crippen MR) is 78.7 cm³/mol. The summed E-state index contributed by atoms with van der Waals surface area (Å²) in [5.41, 5.74) is 1.44. The second kappa shape index (κ2) is 6.38. The third kappa shape index (κ3) is 4.10. The first-order chi connectivity index (χ1) is 9.15. The molecule has 0 saturated carbocycles. The van der Waals surface area contributed by atoms with Gasteiger partial charge in [-0.05, 0) is 42.8 Å². The maximum atomic E-state index is 11.7. The van der Waals surface area contributed by atoms with Crippen molar-refractivity contribution in [3.05, 3.63) is 46.2 Å². The summed E-state index contributed by atoms with van der Waals surface area (Å²) >= 11 is 1.72. The molecule has 0 atom stereocenters. The van der Waals surface area contributed by atoms with Crippen molar-refractivity contribution in [2.45, 2.75) is 26.2 Å². The summed E-state index contributed by atoms with van der Waals surface area (Å²) in [6, 6.07) is 9.27. The molecule has 2 aromatic rings. The average Bonchev–Trinajstić information content (AvgIpc) is 2.87. The molecule has 0 aliphatic carbocycles. The van der Waals surface area contributed by atoms with Gasteiger partial charge in [-0.25, -0.2) is 0 Å². The number of nitrogens with one attached hydrogen (secondary N) is 1. The maximum absolute atomic E-state index is 11.7. The van der Waals surface area contributed by atoms with Crippen molar-refractivity contribution >= 4 is 22.9 Å². The number of carbonyl (C=O) groups excluding carboxylic acids is 1. The van der Waals surface area contributed by atoms with Crippen molar-refractivity contribution in [3.63, 3.8) is 0 Å². The number of anilines is 1. The summed E-state index contributed by atoms with van der Waals surface area (Å²) in [5.74, 6) is 0.191. The summed E-state index contributed by atoms with van der Waals surface area (Å²) in [4.78, 5) is 13.1. The first-order valence-electron chi connectivity index (χ1n) is 6.27. The zero-order valence-electron chi connectivity index (χ0n) is 10.8. The van der Waals surface area contributed by atoms with Gasteiger partial charge in [-0.1, -0.05) is 12.1 Å². The Hall–Kier alpha value is -1.81. The largest absolute Gasteiger partial charge is 0.508 e. The molecule has 0 bridgehead atoms. The van der Waals surface area contributed by atoms with Crippen LogP contribution in [-0.2, 0) is 11.2 Å². The van der Waals surface area contributed by atoms with Gasteiger partial charge < -0.3 is 10.4 Å². The number of phenols is 1. The number of thiophene rings is 1. The van der Waals surface area contributed by atoms with E-state index in [0.29, 0.717) is 12.1 Å². The van der Waals surface area contributed by atoms with E-state index in [1.165, 1.54) is 4.88 Å². The van der Waals surface area contributed by atoms with Gasteiger partial charge in [0.1, 0.15) is 5.75 Å². The van der Waals surface area contributed by atoms with Crippen LogP contribution in [0.25, 0.3) is 0 Å². The molecule has 1 heterocycles. The van der Waals surface area contributed by atoms with Gasteiger partial charge in [-0.3, -0.25) is 4.79 Å². The Morgan fingerprint density at radius 3 is 2.89 bits per heavy atom. The molecule has 0 unspecified atom stereocenters. The van der Waals surface area contributed by atoms with Gasteiger partial charge in [0.05, 0.1) is 0 Å². The van der Waals surface area contributed by atoms with E-state index in [-0.39, 0.29) is 11.7 Å². The first-order valence-corrected chi connectivity index (χ1v) is 7.15. The van der Waals surface area contributed by atoms with Gasteiger partial charge in [-0.2, -0.15) is 0 Å². The Bertz CT molecular complexity index is 549. The van der Waals surface area contributed by atoms with Crippen LogP contribution in [0.15, 0.2) is 35.7 Å². The molecule has 1 aromatic heterocycles. The van der Waals surface area contributed by atoms with Crippen molar-refractivity contribution < 1.29 is 9.90 Å². The Balaban J connectivity index is 1.79. The molecule has 3 nitrogen and oxygen atoms in total. The van der Waals surface area contributed by atoms with Crippen LogP contribution in [0.4, 0.5) is 5.69 Å². The standard InChI is InChI=1S/C15H17NO2S/c1-11-7-8-12(10-14(11)17)16-15(18)6-2-4-13-5-3-9-19-13/h3,5,7-10,17H,2,4,6H2,1H3,(H,16,18). The molecule has 2 rings (SSSR count). The van der Waals surface area contributed by atoms with Gasteiger partial charge in [0.15, 0.2) is 0 Å². The molecular formula is C15H17NO2S. The van der Waals surface area contributed by atoms with Crippen molar-refractivity contribution in [2.24, 2.45) is 0 Å². The van der Waals surface area contributed by atoms with Crippen LogP contribution in [0.5, 0.6) is 5.75 Å². The van der Waals surface area contributed by atoms with Gasteiger partial charge in [-0.15, -0.1) is 11.3 Å². The van der Waals surface area contributed by atoms with E-state index < -0.39 is 0 Å². The third-order valence-corrected chi connectivity index (χ3v) is 3.84. The fourth-order valence-corrected chi connectivity index (χ4v) is 2.54. The number of amides is 1. The van der Waals surface area contributed by atoms with E-state index in [0.717, 1.165) is 18.4 Å². The van der Waals surface area contributed by atoms with Crippen LogP contribution in [0.2, 0.25) is 0 Å². The summed E-state index contributed by atoms with van der Waals surface area (Å²) < 4.78 is 0. The highest BCUT2D eigenvalue weighted by atomic mass is 32.1. The summed E-state index contributed by atoms with van der Waals surface area (Å²) in [6.07, 6.45) is 2.26. The molecule has 0 aliphatic rings. The number of hydrogen-bond acceptors (Lipinski definition) is 3. The quantitative estimate of drug-likeness (QED) is 0.873. The number of aryl methyl sites for hydroxylation is 2. The number of hydrogen-bond donors (Lipinski definition) is 2. The lowest BCUT2D eigenvalue weighted by Gasteiger charge is -2.06. The Morgan fingerprint density at radius 1 is 1.37 bits per heavy atom. The normalized spacial score (nSPS) is 10.4. The average molecular weight is 275 g/mol. The SMILES string of the molecule is Cc1ccc(NC(=O)CCCc2cccs2)cc1O. The van der Waals surface area contributed by atoms with Gasteiger partial charge in [0.2, 0.25) is 5.91 Å². The molecule has 2 N–H and O–H groups in total. The topological polar surface area (TPSA) is 49.3 Å². The minimum Gasteiger partial charge on any atom is -0.508 e. The number of benzene rings is 1. The molecule has 1 aromatic carbocycles. The van der Waals surface area contributed by atoms with Crippen molar-refractivity contribution in [1.82, 2.24) is 0 Å². The second-order valence-electron chi connectivity index (χ2n) is 4.48. The number of rotatable bonds is 5. The maximum Gasteiger partial charge on any atom is 0.224 e. The molecule has 0 saturated heterocycles. The highest BCUT2D eigenvalue weighted by Crippen LogP contribution is 2.21. The first kappa shape index (κ1) is 13.6. The highest BCUT2D eigenvalue weighted by Gasteiger charge is 2.04. The zero-order chi connectivity index (χ0) is 13.7. The highest BCUT2D eigenvalue weighted by molar-refractivity contribution is 7.09. The lowest BCUT2D eigenvalue weighted by molar-refractivity contribution is -0.116. The fourth-order valence-electron chi connectivity index (χ4n) is 1.79. The fraction of sp³-hybridized carbons (Fsp3) is 0.267. The van der Waals surface area contributed by atoms with Crippen LogP contribution < -0.4 is 5.32 Å². The van der Waals surface area contributed by atoms with E-state index in [2.05, 4.69) is 11.4 Å². The van der Waals surface area contributed by atoms with Crippen LogP contribution in [0, 0.1) is 6.92 Å². The number of aromatic hydroxyl groups is 1. The third-order valence-electron chi connectivity index (χ3n) is 2.90. The lowest BCUT2D eigenvalue weighted by Crippen LogP contribution is -2.11. The summed E-state index contributed by atoms with van der Waals surface area (Å²) in [5, 5.41) is 14.4. The van der Waals surface area contributed by atoms with Gasteiger partial charge in [0.25, 0.3) is 0 Å². The summed E-state index contributed by atoms with van der Waals surface area (Å²) in [7, 11) is 0. The zero-order valence-corrected chi connectivity index (χ0v) is 11.7. The molecule has 4 heteroatoms. The Kier molecular flexibility index (Phi) is 4.58. The Morgan fingerprint density at radius 2 is 2.21 bits per heavy atom. The molecule has 1 amide bonds. The smallest absolute Gasteiger partial charge is 0.224 e. The molecule has 100 valence electrons. The monoisotopic (exact) mass is 275 g/mol. The van der Waals surface area contributed by atoms with Crippen molar-refractivity contribution in [3.8, 4) is 5.75 Å². The van der Waals surface area contributed by atoms with E-state index in [9.17, 15) is 9.90 Å². The molecule has 0 radical (unpaired) electrons. The molecule has 19 heavy (non-hydrogen) atoms.